The zero-order chi connectivity index (χ0) is 25.2. The second-order valence-corrected chi connectivity index (χ2v) is 9.61. The van der Waals surface area contributed by atoms with E-state index in [9.17, 15) is 9.59 Å². The molecule has 0 aliphatic carbocycles. The monoisotopic (exact) mass is 510 g/mol. The van der Waals surface area contributed by atoms with Gasteiger partial charge in [-0.2, -0.15) is 0 Å². The zero-order valence-electron chi connectivity index (χ0n) is 20.3. The minimum atomic E-state index is -0.682. The van der Waals surface area contributed by atoms with Gasteiger partial charge in [-0.05, 0) is 42.2 Å². The van der Waals surface area contributed by atoms with Crippen molar-refractivity contribution in [2.75, 3.05) is 6.54 Å². The molecule has 6 heteroatoms. The number of benzene rings is 3. The molecule has 0 fully saturated rings. The Labute approximate surface area is 218 Å². The summed E-state index contributed by atoms with van der Waals surface area (Å²) in [5, 5.41) is 4.02. The summed E-state index contributed by atoms with van der Waals surface area (Å²) in [5.74, 6) is -0.295. The Morgan fingerprint density at radius 3 is 2.31 bits per heavy atom. The van der Waals surface area contributed by atoms with Gasteiger partial charge >= 0.3 is 0 Å². The van der Waals surface area contributed by atoms with Crippen LogP contribution < -0.4 is 5.32 Å². The number of hydrogen-bond donors (Lipinski definition) is 1. The lowest BCUT2D eigenvalue weighted by Crippen LogP contribution is -2.51. The fourth-order valence-corrected chi connectivity index (χ4v) is 4.34. The molecule has 1 N–H and O–H groups in total. The standard InChI is InChI=1S/C29H32Cl2N2O2/c1-3-4-16-32-29(35)27(17-22-8-6-5-7-9-22)33(20-24-14-15-25(30)19-26(24)31)28(34)18-23-12-10-21(2)11-13-23/h5-15,19,27H,3-4,16-18,20H2,1-2H3,(H,32,35)/t27-/m0/s1. The summed E-state index contributed by atoms with van der Waals surface area (Å²) in [7, 11) is 0. The fourth-order valence-electron chi connectivity index (χ4n) is 3.88. The van der Waals surface area contributed by atoms with Gasteiger partial charge in [0.2, 0.25) is 11.8 Å². The smallest absolute Gasteiger partial charge is 0.243 e. The fraction of sp³-hybridized carbons (Fsp3) is 0.310. The number of halogens is 2. The second kappa shape index (κ2) is 13.3. The highest BCUT2D eigenvalue weighted by Crippen LogP contribution is 2.24. The molecule has 0 saturated heterocycles. The highest BCUT2D eigenvalue weighted by Gasteiger charge is 2.30. The average Bonchev–Trinajstić information content (AvgIpc) is 2.84. The van der Waals surface area contributed by atoms with Gasteiger partial charge in [0.05, 0.1) is 6.42 Å². The maximum atomic E-state index is 13.7. The van der Waals surface area contributed by atoms with Gasteiger partial charge in [0.1, 0.15) is 6.04 Å². The number of nitrogens with zero attached hydrogens (tertiary/aromatic N) is 1. The van der Waals surface area contributed by atoms with Gasteiger partial charge in [-0.15, -0.1) is 0 Å². The lowest BCUT2D eigenvalue weighted by molar-refractivity contribution is -0.140. The van der Waals surface area contributed by atoms with Gasteiger partial charge in [-0.1, -0.05) is 103 Å². The first-order valence-electron chi connectivity index (χ1n) is 12.0. The molecule has 0 aromatic heterocycles. The van der Waals surface area contributed by atoms with Crippen LogP contribution in [0.15, 0.2) is 72.8 Å². The molecule has 0 aliphatic rings. The van der Waals surface area contributed by atoms with E-state index >= 15 is 0 Å². The summed E-state index contributed by atoms with van der Waals surface area (Å²) >= 11 is 12.6. The Hall–Kier alpha value is -2.82. The highest BCUT2D eigenvalue weighted by atomic mass is 35.5. The minimum absolute atomic E-state index is 0.133. The van der Waals surface area contributed by atoms with E-state index < -0.39 is 6.04 Å². The van der Waals surface area contributed by atoms with Crippen molar-refractivity contribution >= 4 is 35.0 Å². The van der Waals surface area contributed by atoms with E-state index in [0.29, 0.717) is 23.0 Å². The van der Waals surface area contributed by atoms with Crippen LogP contribution in [0.5, 0.6) is 0 Å². The van der Waals surface area contributed by atoms with Crippen LogP contribution in [-0.2, 0) is 29.0 Å². The zero-order valence-corrected chi connectivity index (χ0v) is 21.8. The molecule has 2 amide bonds. The summed E-state index contributed by atoms with van der Waals surface area (Å²) in [4.78, 5) is 28.8. The summed E-state index contributed by atoms with van der Waals surface area (Å²) in [6.07, 6.45) is 2.45. The van der Waals surface area contributed by atoms with Crippen LogP contribution in [0, 0.1) is 6.92 Å². The molecule has 0 heterocycles. The Balaban J connectivity index is 1.96. The van der Waals surface area contributed by atoms with Crippen molar-refractivity contribution < 1.29 is 9.59 Å². The number of nitrogens with one attached hydrogen (secondary N) is 1. The van der Waals surface area contributed by atoms with Gasteiger partial charge in [0.25, 0.3) is 0 Å². The molecule has 0 radical (unpaired) electrons. The SMILES string of the molecule is CCCCNC(=O)[C@H](Cc1ccccc1)N(Cc1ccc(Cl)cc1Cl)C(=O)Cc1ccc(C)cc1. The predicted octanol–water partition coefficient (Wildman–Crippen LogP) is 6.40. The number of rotatable bonds is 11. The summed E-state index contributed by atoms with van der Waals surface area (Å²) in [6.45, 7) is 4.87. The first kappa shape index (κ1) is 26.8. The van der Waals surface area contributed by atoms with E-state index in [4.69, 9.17) is 23.2 Å². The molecular formula is C29H32Cl2N2O2. The van der Waals surface area contributed by atoms with Gasteiger partial charge in [-0.25, -0.2) is 0 Å². The first-order chi connectivity index (χ1) is 16.9. The Kier molecular flexibility index (Phi) is 10.2. The average molecular weight is 511 g/mol. The molecule has 3 aromatic rings. The molecule has 0 aliphatic heterocycles. The van der Waals surface area contributed by atoms with Gasteiger partial charge in [-0.3, -0.25) is 9.59 Å². The molecule has 35 heavy (non-hydrogen) atoms. The van der Waals surface area contributed by atoms with Crippen molar-refractivity contribution in [3.05, 3.63) is 105 Å². The van der Waals surface area contributed by atoms with E-state index in [0.717, 1.165) is 35.1 Å². The summed E-state index contributed by atoms with van der Waals surface area (Å²) < 4.78 is 0. The topological polar surface area (TPSA) is 49.4 Å². The van der Waals surface area contributed by atoms with Crippen molar-refractivity contribution in [3.8, 4) is 0 Å². The Morgan fingerprint density at radius 1 is 0.943 bits per heavy atom. The van der Waals surface area contributed by atoms with Crippen LogP contribution in [0.1, 0.15) is 42.0 Å². The largest absolute Gasteiger partial charge is 0.354 e. The molecule has 3 rings (SSSR count). The third-order valence-corrected chi connectivity index (χ3v) is 6.52. The number of carbonyl (C=O) groups is 2. The number of hydrogen-bond acceptors (Lipinski definition) is 2. The van der Waals surface area contributed by atoms with Crippen LogP contribution in [0.2, 0.25) is 10.0 Å². The van der Waals surface area contributed by atoms with Gasteiger partial charge < -0.3 is 10.2 Å². The number of carbonyl (C=O) groups excluding carboxylic acids is 2. The molecule has 0 spiro atoms. The molecule has 4 nitrogen and oxygen atoms in total. The summed E-state index contributed by atoms with van der Waals surface area (Å²) in [5.41, 5.74) is 3.76. The van der Waals surface area contributed by atoms with Gasteiger partial charge in [0.15, 0.2) is 0 Å². The molecule has 184 valence electrons. The predicted molar refractivity (Wildman–Crippen MR) is 144 cm³/mol. The van der Waals surface area contributed by atoms with E-state index in [1.165, 1.54) is 0 Å². The quantitative estimate of drug-likeness (QED) is 0.303. The van der Waals surface area contributed by atoms with Crippen LogP contribution in [-0.4, -0.2) is 29.3 Å². The lowest BCUT2D eigenvalue weighted by Gasteiger charge is -2.32. The number of amides is 2. The maximum absolute atomic E-state index is 13.7. The second-order valence-electron chi connectivity index (χ2n) is 8.77. The Morgan fingerprint density at radius 2 is 1.66 bits per heavy atom. The highest BCUT2D eigenvalue weighted by molar-refractivity contribution is 6.35. The van der Waals surface area contributed by atoms with Crippen LogP contribution >= 0.6 is 23.2 Å². The van der Waals surface area contributed by atoms with Crippen LogP contribution in [0.4, 0.5) is 0 Å². The molecule has 0 bridgehead atoms. The van der Waals surface area contributed by atoms with Crippen molar-refractivity contribution in [3.63, 3.8) is 0 Å². The third-order valence-electron chi connectivity index (χ3n) is 5.93. The van der Waals surface area contributed by atoms with Crippen molar-refractivity contribution in [2.45, 2.75) is 52.1 Å². The normalized spacial score (nSPS) is 11.7. The number of aryl methyl sites for hydroxylation is 1. The van der Waals surface area contributed by atoms with Crippen molar-refractivity contribution in [2.24, 2.45) is 0 Å². The Bertz CT molecular complexity index is 1120. The van der Waals surface area contributed by atoms with Crippen molar-refractivity contribution in [1.29, 1.82) is 0 Å². The van der Waals surface area contributed by atoms with Gasteiger partial charge in [0, 0.05) is 29.6 Å². The minimum Gasteiger partial charge on any atom is -0.354 e. The molecule has 0 unspecified atom stereocenters. The molecule has 3 aromatic carbocycles. The summed E-state index contributed by atoms with van der Waals surface area (Å²) in [6, 6.07) is 22.2. The lowest BCUT2D eigenvalue weighted by atomic mass is 10.0. The van der Waals surface area contributed by atoms with E-state index in [1.807, 2.05) is 67.6 Å². The first-order valence-corrected chi connectivity index (χ1v) is 12.7. The molecule has 0 saturated carbocycles. The molecular weight excluding hydrogens is 479 g/mol. The van der Waals surface area contributed by atoms with E-state index in [1.54, 1.807) is 17.0 Å². The van der Waals surface area contributed by atoms with Crippen LogP contribution in [0.3, 0.4) is 0 Å². The number of unbranched alkanes of at least 4 members (excludes halogenated alkanes) is 1. The maximum Gasteiger partial charge on any atom is 0.243 e. The van der Waals surface area contributed by atoms with Crippen molar-refractivity contribution in [1.82, 2.24) is 10.2 Å². The third kappa shape index (κ3) is 8.12. The van der Waals surface area contributed by atoms with Crippen LogP contribution in [0.25, 0.3) is 0 Å². The van der Waals surface area contributed by atoms with E-state index in [-0.39, 0.29) is 24.8 Å². The van der Waals surface area contributed by atoms with E-state index in [2.05, 4.69) is 12.2 Å². The molecule has 1 atom stereocenters.